The Bertz CT molecular complexity index is 751. The van der Waals surface area contributed by atoms with Gasteiger partial charge in [0.2, 0.25) is 5.91 Å². The molecule has 1 heterocycles. The SMILES string of the molecule is COc1cccc(NC(=O)CNc2cc3c(cc2Cl)OCCO3)c1. The minimum Gasteiger partial charge on any atom is -0.497 e. The summed E-state index contributed by atoms with van der Waals surface area (Å²) in [6.07, 6.45) is 0. The Labute approximate surface area is 144 Å². The number of carbonyl (C=O) groups is 1. The molecule has 6 nitrogen and oxygen atoms in total. The lowest BCUT2D eigenvalue weighted by Gasteiger charge is -2.20. The summed E-state index contributed by atoms with van der Waals surface area (Å²) in [6.45, 7) is 1.06. The fraction of sp³-hybridized carbons (Fsp3) is 0.235. The van der Waals surface area contributed by atoms with Crippen LogP contribution in [0, 0.1) is 0 Å². The second-order valence-electron chi connectivity index (χ2n) is 5.11. The van der Waals surface area contributed by atoms with Crippen molar-refractivity contribution in [3.63, 3.8) is 0 Å². The maximum Gasteiger partial charge on any atom is 0.243 e. The molecule has 0 saturated heterocycles. The Morgan fingerprint density at radius 1 is 1.21 bits per heavy atom. The van der Waals surface area contributed by atoms with Crippen LogP contribution < -0.4 is 24.8 Å². The van der Waals surface area contributed by atoms with Gasteiger partial charge in [0, 0.05) is 23.9 Å². The summed E-state index contributed by atoms with van der Waals surface area (Å²) in [6, 6.07) is 10.6. The van der Waals surface area contributed by atoms with Gasteiger partial charge in [-0.05, 0) is 12.1 Å². The van der Waals surface area contributed by atoms with Crippen LogP contribution in [-0.4, -0.2) is 32.8 Å². The van der Waals surface area contributed by atoms with Gasteiger partial charge in [0.1, 0.15) is 19.0 Å². The molecule has 2 aromatic rings. The van der Waals surface area contributed by atoms with Crippen molar-refractivity contribution in [2.24, 2.45) is 0 Å². The molecule has 3 rings (SSSR count). The molecule has 0 atom stereocenters. The fourth-order valence-corrected chi connectivity index (χ4v) is 2.50. The smallest absolute Gasteiger partial charge is 0.243 e. The van der Waals surface area contributed by atoms with E-state index in [-0.39, 0.29) is 12.5 Å². The summed E-state index contributed by atoms with van der Waals surface area (Å²) in [5.74, 6) is 1.70. The molecule has 7 heteroatoms. The number of anilines is 2. The first kappa shape index (κ1) is 16.3. The van der Waals surface area contributed by atoms with Crippen molar-refractivity contribution in [3.8, 4) is 17.2 Å². The summed E-state index contributed by atoms with van der Waals surface area (Å²) in [4.78, 5) is 12.1. The lowest BCUT2D eigenvalue weighted by molar-refractivity contribution is -0.114. The van der Waals surface area contributed by atoms with E-state index in [1.54, 1.807) is 37.4 Å². The third-order valence-corrected chi connectivity index (χ3v) is 3.74. The van der Waals surface area contributed by atoms with E-state index in [4.69, 9.17) is 25.8 Å². The number of carbonyl (C=O) groups excluding carboxylic acids is 1. The summed E-state index contributed by atoms with van der Waals surface area (Å²) in [5.41, 5.74) is 1.27. The minimum absolute atomic E-state index is 0.0660. The molecule has 1 amide bonds. The Balaban J connectivity index is 1.61. The van der Waals surface area contributed by atoms with Gasteiger partial charge in [-0.1, -0.05) is 17.7 Å². The molecule has 0 aliphatic carbocycles. The summed E-state index contributed by atoms with van der Waals surface area (Å²) in [5, 5.41) is 6.26. The highest BCUT2D eigenvalue weighted by Crippen LogP contribution is 2.37. The van der Waals surface area contributed by atoms with E-state index in [1.165, 1.54) is 0 Å². The summed E-state index contributed by atoms with van der Waals surface area (Å²) < 4.78 is 16.1. The molecule has 0 radical (unpaired) electrons. The summed E-state index contributed by atoms with van der Waals surface area (Å²) >= 11 is 6.20. The Hall–Kier alpha value is -2.60. The molecule has 0 fully saturated rings. The van der Waals surface area contributed by atoms with Crippen LogP contribution in [0.1, 0.15) is 0 Å². The zero-order valence-electron chi connectivity index (χ0n) is 13.1. The first-order valence-corrected chi connectivity index (χ1v) is 7.80. The third-order valence-electron chi connectivity index (χ3n) is 3.42. The van der Waals surface area contributed by atoms with Gasteiger partial charge in [-0.15, -0.1) is 0 Å². The van der Waals surface area contributed by atoms with Crippen LogP contribution in [-0.2, 0) is 4.79 Å². The number of hydrogen-bond donors (Lipinski definition) is 2. The van der Waals surface area contributed by atoms with Crippen LogP contribution in [0.5, 0.6) is 17.2 Å². The topological polar surface area (TPSA) is 68.8 Å². The third kappa shape index (κ3) is 3.83. The lowest BCUT2D eigenvalue weighted by Crippen LogP contribution is -2.22. The second-order valence-corrected chi connectivity index (χ2v) is 5.52. The number of benzene rings is 2. The Morgan fingerprint density at radius 2 is 1.96 bits per heavy atom. The van der Waals surface area contributed by atoms with Crippen molar-refractivity contribution < 1.29 is 19.0 Å². The van der Waals surface area contributed by atoms with E-state index in [1.807, 2.05) is 6.07 Å². The van der Waals surface area contributed by atoms with E-state index < -0.39 is 0 Å². The first-order chi connectivity index (χ1) is 11.7. The molecule has 1 aliphatic rings. The molecule has 0 saturated carbocycles. The van der Waals surface area contributed by atoms with Crippen molar-refractivity contribution in [1.82, 2.24) is 0 Å². The molecule has 0 aromatic heterocycles. The van der Waals surface area contributed by atoms with Gasteiger partial charge in [0.25, 0.3) is 0 Å². The van der Waals surface area contributed by atoms with Gasteiger partial charge < -0.3 is 24.8 Å². The van der Waals surface area contributed by atoms with E-state index in [9.17, 15) is 4.79 Å². The molecule has 24 heavy (non-hydrogen) atoms. The normalized spacial score (nSPS) is 12.4. The standard InChI is InChI=1S/C17H17ClN2O4/c1-22-12-4-2-3-11(7-12)20-17(21)10-19-14-9-16-15(8-13(14)18)23-5-6-24-16/h2-4,7-9,19H,5-6,10H2,1H3,(H,20,21). The molecule has 126 valence electrons. The number of halogens is 1. The number of rotatable bonds is 5. The van der Waals surface area contributed by atoms with E-state index in [0.717, 1.165) is 0 Å². The lowest BCUT2D eigenvalue weighted by atomic mass is 10.2. The highest BCUT2D eigenvalue weighted by atomic mass is 35.5. The van der Waals surface area contributed by atoms with Gasteiger partial charge in [-0.3, -0.25) is 4.79 Å². The van der Waals surface area contributed by atoms with E-state index >= 15 is 0 Å². The van der Waals surface area contributed by atoms with Crippen molar-refractivity contribution in [2.45, 2.75) is 0 Å². The largest absolute Gasteiger partial charge is 0.497 e. The maximum atomic E-state index is 12.1. The van der Waals surface area contributed by atoms with Gasteiger partial charge in [0.05, 0.1) is 24.4 Å². The van der Waals surface area contributed by atoms with Crippen LogP contribution in [0.25, 0.3) is 0 Å². The quantitative estimate of drug-likeness (QED) is 0.868. The molecule has 2 aromatic carbocycles. The van der Waals surface area contributed by atoms with Crippen LogP contribution in [0.2, 0.25) is 5.02 Å². The first-order valence-electron chi connectivity index (χ1n) is 7.42. The van der Waals surface area contributed by atoms with Gasteiger partial charge in [0.15, 0.2) is 11.5 Å². The molecule has 0 unspecified atom stereocenters. The fourth-order valence-electron chi connectivity index (χ4n) is 2.28. The zero-order chi connectivity index (χ0) is 16.9. The number of hydrogen-bond acceptors (Lipinski definition) is 5. The van der Waals surface area contributed by atoms with Gasteiger partial charge in [-0.2, -0.15) is 0 Å². The zero-order valence-corrected chi connectivity index (χ0v) is 13.9. The van der Waals surface area contributed by atoms with Crippen LogP contribution in [0.3, 0.4) is 0 Å². The van der Waals surface area contributed by atoms with Crippen molar-refractivity contribution >= 4 is 28.9 Å². The number of methoxy groups -OCH3 is 1. The number of ether oxygens (including phenoxy) is 3. The number of fused-ring (bicyclic) bond motifs is 1. The van der Waals surface area contributed by atoms with Crippen molar-refractivity contribution in [2.75, 3.05) is 37.5 Å². The highest BCUT2D eigenvalue weighted by molar-refractivity contribution is 6.33. The predicted octanol–water partition coefficient (Wildman–Crippen LogP) is 3.17. The molecule has 2 N–H and O–H groups in total. The van der Waals surface area contributed by atoms with Gasteiger partial charge >= 0.3 is 0 Å². The highest BCUT2D eigenvalue weighted by Gasteiger charge is 2.15. The monoisotopic (exact) mass is 348 g/mol. The molecular formula is C17H17ClN2O4. The van der Waals surface area contributed by atoms with Crippen molar-refractivity contribution in [1.29, 1.82) is 0 Å². The van der Waals surface area contributed by atoms with E-state index in [2.05, 4.69) is 10.6 Å². The van der Waals surface area contributed by atoms with Crippen LogP contribution in [0.4, 0.5) is 11.4 Å². The van der Waals surface area contributed by atoms with Crippen molar-refractivity contribution in [3.05, 3.63) is 41.4 Å². The van der Waals surface area contributed by atoms with Crippen LogP contribution in [0.15, 0.2) is 36.4 Å². The Kier molecular flexibility index (Phi) is 4.96. The summed E-state index contributed by atoms with van der Waals surface area (Å²) in [7, 11) is 1.58. The Morgan fingerprint density at radius 3 is 2.71 bits per heavy atom. The molecule has 0 bridgehead atoms. The molecular weight excluding hydrogens is 332 g/mol. The number of amides is 1. The van der Waals surface area contributed by atoms with Gasteiger partial charge in [-0.25, -0.2) is 0 Å². The average molecular weight is 349 g/mol. The minimum atomic E-state index is -0.200. The molecule has 0 spiro atoms. The maximum absolute atomic E-state index is 12.1. The van der Waals surface area contributed by atoms with E-state index in [0.29, 0.717) is 46.9 Å². The van der Waals surface area contributed by atoms with Crippen LogP contribution >= 0.6 is 11.6 Å². The molecule has 1 aliphatic heterocycles. The average Bonchev–Trinajstić information content (AvgIpc) is 2.60. The second kappa shape index (κ2) is 7.31. The number of nitrogens with one attached hydrogen (secondary N) is 2. The predicted molar refractivity (Wildman–Crippen MR) is 92.6 cm³/mol.